The summed E-state index contributed by atoms with van der Waals surface area (Å²) in [5.74, 6) is -2.85. The molecule has 0 spiro atoms. The molecule has 7 heteroatoms. The fourth-order valence-electron chi connectivity index (χ4n) is 0. The molecule has 0 aromatic heterocycles. The summed E-state index contributed by atoms with van der Waals surface area (Å²) in [6.07, 6.45) is -0.333. The predicted molar refractivity (Wildman–Crippen MR) is 27.4 cm³/mol. The van der Waals surface area contributed by atoms with Gasteiger partial charge in [-0.25, -0.2) is 9.59 Å². The number of carboxylic acids is 2. The van der Waals surface area contributed by atoms with Gasteiger partial charge in [0.15, 0.2) is 0 Å². The number of aliphatic carboxylic acids is 2. The Kier molecular flexibility index (Phi) is 17.3. The molecule has 0 bridgehead atoms. The zero-order valence-corrected chi connectivity index (χ0v) is 5.93. The van der Waals surface area contributed by atoms with Crippen molar-refractivity contribution < 1.29 is 46.5 Å². The van der Waals surface area contributed by atoms with Crippen molar-refractivity contribution >= 4 is 24.5 Å². The molecule has 0 aliphatic heterocycles. The topological polar surface area (TPSA) is 109 Å². The number of hydrogen-bond donors (Lipinski definition) is 2. The monoisotopic (exact) mass is 211 g/mol. The molecule has 0 atom stereocenters. The van der Waals surface area contributed by atoms with E-state index in [0.717, 1.165) is 0 Å². The zero-order valence-electron chi connectivity index (χ0n) is 4.98. The van der Waals surface area contributed by atoms with Crippen molar-refractivity contribution in [1.82, 2.24) is 0 Å². The van der Waals surface area contributed by atoms with Gasteiger partial charge in [-0.2, -0.15) is 0 Å². The SMILES string of the molecule is O=CC(=O)O.O=CC(=O)O.[Cu]. The van der Waals surface area contributed by atoms with Crippen molar-refractivity contribution in [3.63, 3.8) is 0 Å². The number of carboxylic acid groups (broad SMARTS) is 2. The average molecular weight is 212 g/mol. The average Bonchev–Trinajstić information content (AvgIpc) is 1.89. The van der Waals surface area contributed by atoms with Gasteiger partial charge in [0.05, 0.1) is 0 Å². The second-order valence-electron chi connectivity index (χ2n) is 0.912. The Balaban J connectivity index is -0.000000107. The summed E-state index contributed by atoms with van der Waals surface area (Å²) < 4.78 is 0. The van der Waals surface area contributed by atoms with E-state index < -0.39 is 11.9 Å². The molecule has 1 radical (unpaired) electrons. The fourth-order valence-corrected chi connectivity index (χ4v) is 0. The van der Waals surface area contributed by atoms with Crippen molar-refractivity contribution in [1.29, 1.82) is 0 Å². The molecule has 11 heavy (non-hydrogen) atoms. The minimum absolute atomic E-state index is 0. The molecule has 6 nitrogen and oxygen atoms in total. The normalized spacial score (nSPS) is 5.82. The first-order chi connectivity index (χ1) is 4.54. The van der Waals surface area contributed by atoms with Crippen molar-refractivity contribution in [2.24, 2.45) is 0 Å². The molecule has 0 saturated carbocycles. The van der Waals surface area contributed by atoms with Crippen LogP contribution in [-0.4, -0.2) is 34.7 Å². The van der Waals surface area contributed by atoms with E-state index in [4.69, 9.17) is 29.4 Å². The number of rotatable bonds is 2. The Morgan fingerprint density at radius 1 is 0.909 bits per heavy atom. The van der Waals surface area contributed by atoms with E-state index in [2.05, 4.69) is 0 Å². The van der Waals surface area contributed by atoms with E-state index in [0.29, 0.717) is 0 Å². The molecule has 0 unspecified atom stereocenters. The molecule has 0 rings (SSSR count). The van der Waals surface area contributed by atoms with E-state index in [1.54, 1.807) is 0 Å². The van der Waals surface area contributed by atoms with Crippen LogP contribution in [-0.2, 0) is 36.2 Å². The van der Waals surface area contributed by atoms with Crippen LogP contribution in [0.15, 0.2) is 0 Å². The van der Waals surface area contributed by atoms with Gasteiger partial charge in [-0.1, -0.05) is 0 Å². The maximum Gasteiger partial charge on any atom is 0.368 e. The van der Waals surface area contributed by atoms with Crippen LogP contribution in [0, 0.1) is 0 Å². The molecule has 0 fully saturated rings. The largest absolute Gasteiger partial charge is 0.476 e. The molecular weight excluding hydrogens is 208 g/mol. The van der Waals surface area contributed by atoms with Crippen LogP contribution in [0.5, 0.6) is 0 Å². The Hall–Kier alpha value is -1.20. The maximum absolute atomic E-state index is 9.00. The molecule has 0 aromatic rings. The quantitative estimate of drug-likeness (QED) is 0.328. The summed E-state index contributed by atoms with van der Waals surface area (Å²) in [5.41, 5.74) is 0. The molecule has 67 valence electrons. The van der Waals surface area contributed by atoms with Crippen LogP contribution >= 0.6 is 0 Å². The summed E-state index contributed by atoms with van der Waals surface area (Å²) in [7, 11) is 0. The third kappa shape index (κ3) is 51.9. The summed E-state index contributed by atoms with van der Waals surface area (Å²) in [6, 6.07) is 0. The second kappa shape index (κ2) is 11.6. The smallest absolute Gasteiger partial charge is 0.368 e. The summed E-state index contributed by atoms with van der Waals surface area (Å²) >= 11 is 0. The zero-order chi connectivity index (χ0) is 8.57. The summed E-state index contributed by atoms with van der Waals surface area (Å²) in [4.78, 5) is 35.8. The van der Waals surface area contributed by atoms with E-state index in [1.165, 1.54) is 0 Å². The van der Waals surface area contributed by atoms with Gasteiger partial charge in [0.1, 0.15) is 0 Å². The number of carbonyl (C=O) groups excluding carboxylic acids is 2. The molecule has 0 aliphatic rings. The second-order valence-corrected chi connectivity index (χ2v) is 0.912. The van der Waals surface area contributed by atoms with Crippen LogP contribution in [0.25, 0.3) is 0 Å². The van der Waals surface area contributed by atoms with Crippen LogP contribution in [0.4, 0.5) is 0 Å². The molecule has 2 N–H and O–H groups in total. The Bertz CT molecular complexity index is 135. The Morgan fingerprint density at radius 2 is 1.00 bits per heavy atom. The standard InChI is InChI=1S/2C2H2O3.Cu/c2*3-1-2(4)5;/h2*1H,(H,4,5);. The van der Waals surface area contributed by atoms with Gasteiger partial charge in [-0.3, -0.25) is 9.59 Å². The van der Waals surface area contributed by atoms with Gasteiger partial charge in [-0.15, -0.1) is 0 Å². The van der Waals surface area contributed by atoms with Crippen molar-refractivity contribution in [3.05, 3.63) is 0 Å². The van der Waals surface area contributed by atoms with E-state index in [9.17, 15) is 0 Å². The maximum atomic E-state index is 9.00. The minimum atomic E-state index is -1.43. The van der Waals surface area contributed by atoms with Gasteiger partial charge in [0.25, 0.3) is 0 Å². The molecule has 0 saturated heterocycles. The first kappa shape index (κ1) is 16.4. The summed E-state index contributed by atoms with van der Waals surface area (Å²) in [5, 5.41) is 14.7. The predicted octanol–water partition coefficient (Wildman–Crippen LogP) is -1.46. The van der Waals surface area contributed by atoms with Gasteiger partial charge in [-0.05, 0) is 0 Å². The molecule has 0 aliphatic carbocycles. The number of hydrogen-bond acceptors (Lipinski definition) is 4. The van der Waals surface area contributed by atoms with Gasteiger partial charge >= 0.3 is 11.9 Å². The fraction of sp³-hybridized carbons (Fsp3) is 0. The molecule has 0 aromatic carbocycles. The number of carbonyl (C=O) groups is 4. The van der Waals surface area contributed by atoms with Crippen molar-refractivity contribution in [2.75, 3.05) is 0 Å². The van der Waals surface area contributed by atoms with Crippen molar-refractivity contribution in [3.8, 4) is 0 Å². The van der Waals surface area contributed by atoms with Gasteiger partial charge < -0.3 is 10.2 Å². The van der Waals surface area contributed by atoms with E-state index in [-0.39, 0.29) is 29.6 Å². The Labute approximate surface area is 71.7 Å². The third-order valence-electron chi connectivity index (χ3n) is 0.202. The van der Waals surface area contributed by atoms with Crippen LogP contribution in [0.1, 0.15) is 0 Å². The van der Waals surface area contributed by atoms with Crippen LogP contribution in [0.2, 0.25) is 0 Å². The molecular formula is C4H4CuO6. The summed E-state index contributed by atoms with van der Waals surface area (Å²) in [6.45, 7) is 0. The van der Waals surface area contributed by atoms with E-state index in [1.807, 2.05) is 0 Å². The third-order valence-corrected chi connectivity index (χ3v) is 0.202. The number of aldehydes is 2. The first-order valence-electron chi connectivity index (χ1n) is 1.90. The first-order valence-corrected chi connectivity index (χ1v) is 1.90. The van der Waals surface area contributed by atoms with Crippen molar-refractivity contribution in [2.45, 2.75) is 0 Å². The van der Waals surface area contributed by atoms with E-state index >= 15 is 0 Å². The van der Waals surface area contributed by atoms with Gasteiger partial charge in [0, 0.05) is 17.1 Å². The molecule has 0 heterocycles. The molecule has 0 amide bonds. The van der Waals surface area contributed by atoms with Gasteiger partial charge in [0.2, 0.25) is 12.6 Å². The Morgan fingerprint density at radius 3 is 1.00 bits per heavy atom. The van der Waals surface area contributed by atoms with Crippen LogP contribution < -0.4 is 0 Å². The minimum Gasteiger partial charge on any atom is -0.476 e. The van der Waals surface area contributed by atoms with Crippen LogP contribution in [0.3, 0.4) is 0 Å².